The van der Waals surface area contributed by atoms with Gasteiger partial charge in [-0.3, -0.25) is 0 Å². The lowest BCUT2D eigenvalue weighted by atomic mass is 10.4. The van der Waals surface area contributed by atoms with Crippen LogP contribution < -0.4 is 0 Å². The van der Waals surface area contributed by atoms with Gasteiger partial charge >= 0.3 is 114 Å². The van der Waals surface area contributed by atoms with Gasteiger partial charge in [-0.05, 0) is 18.6 Å². The van der Waals surface area contributed by atoms with Crippen molar-refractivity contribution in [2.45, 2.75) is 169 Å². The zero-order valence-electron chi connectivity index (χ0n) is 36.4. The Labute approximate surface area is 393 Å². The average molecular weight is 1230 g/mol. The molecule has 1 unspecified atom stereocenters. The minimum Gasteiger partial charge on any atom is -0.395 e. The summed E-state index contributed by atoms with van der Waals surface area (Å²) in [6, 6.07) is -13.8. The van der Waals surface area contributed by atoms with Crippen molar-refractivity contribution in [2.24, 2.45) is 0 Å². The van der Waals surface area contributed by atoms with E-state index in [0.717, 1.165) is 0 Å². The number of rotatable bonds is 18. The van der Waals surface area contributed by atoms with Gasteiger partial charge in [-0.15, -0.1) is 0 Å². The van der Waals surface area contributed by atoms with Crippen LogP contribution in [0.3, 0.4) is 0 Å². The average Bonchev–Trinajstić information content (AvgIpc) is 3.10. The van der Waals surface area contributed by atoms with Gasteiger partial charge in [-0.2, -0.15) is 92.2 Å². The van der Waals surface area contributed by atoms with Gasteiger partial charge in [0.05, 0.1) is 0 Å². The smallest absolute Gasteiger partial charge is 0.395 e. The summed E-state index contributed by atoms with van der Waals surface area (Å²) in [5.41, 5.74) is -0.799. The normalized spacial score (nSPS) is 36.1. The summed E-state index contributed by atoms with van der Waals surface area (Å²) in [6.45, 7) is 5.43. The molecule has 6 heterocycles. The summed E-state index contributed by atoms with van der Waals surface area (Å²) >= 11 is 0. The molecule has 0 spiro atoms. The third-order valence-electron chi connectivity index (χ3n) is 10.8. The molecule has 1 atom stereocenters. The van der Waals surface area contributed by atoms with Crippen LogP contribution in [0.5, 0.6) is 0 Å². The van der Waals surface area contributed by atoms with E-state index in [9.17, 15) is 92.2 Å². The summed E-state index contributed by atoms with van der Waals surface area (Å²) in [5.74, 6) is 0. The summed E-state index contributed by atoms with van der Waals surface area (Å²) in [7, 11) is -56.2. The first-order valence-corrected chi connectivity index (χ1v) is 38.8. The van der Waals surface area contributed by atoms with Crippen molar-refractivity contribution in [3.05, 3.63) is 0 Å². The molecular weight excluding hydrogens is 1180 g/mol. The second-order valence-corrected chi connectivity index (χ2v) is 46.2. The highest BCUT2D eigenvalue weighted by Crippen LogP contribution is 2.57. The quantitative estimate of drug-likeness (QED) is 0.0957. The van der Waals surface area contributed by atoms with E-state index in [1.54, 1.807) is 0 Å². The van der Waals surface area contributed by atoms with Gasteiger partial charge < -0.3 is 53.5 Å². The number of halogens is 21. The molecule has 8 bridgehead atoms. The fourth-order valence-electron chi connectivity index (χ4n) is 7.32. The minimum atomic E-state index is -6.59. The zero-order valence-corrected chi connectivity index (χ0v) is 45.4. The molecule has 6 rings (SSSR count). The second kappa shape index (κ2) is 19.8. The number of alkyl halides is 21. The highest BCUT2D eigenvalue weighted by Gasteiger charge is 2.85. The van der Waals surface area contributed by atoms with E-state index in [-0.39, 0.29) is 6.42 Å². The lowest BCUT2D eigenvalue weighted by molar-refractivity contribution is -0.139. The molecule has 13 nitrogen and oxygen atoms in total. The Morgan fingerprint density at radius 2 is 0.486 bits per heavy atom. The molecule has 0 aliphatic carbocycles. The Bertz CT molecular complexity index is 1640. The summed E-state index contributed by atoms with van der Waals surface area (Å²) in [5, 5.41) is 0. The van der Waals surface area contributed by atoms with Gasteiger partial charge in [-0.25, -0.2) is 0 Å². The fourth-order valence-corrected chi connectivity index (χ4v) is 60.6. The van der Waals surface area contributed by atoms with Crippen LogP contribution in [-0.4, -0.2) is 122 Å². The molecule has 0 N–H and O–H groups in total. The van der Waals surface area contributed by atoms with Crippen molar-refractivity contribution in [2.75, 3.05) is 0 Å². The Balaban J connectivity index is 2.05. The molecule has 70 heavy (non-hydrogen) atoms. The largest absolute Gasteiger partial charge is 0.646 e. The summed E-state index contributed by atoms with van der Waals surface area (Å²) in [6.07, 6.45) is -54.6. The highest BCUT2D eigenvalue weighted by atomic mass is 28.6. The third kappa shape index (κ3) is 16.7. The first-order valence-electron chi connectivity index (χ1n) is 20.7. The van der Waals surface area contributed by atoms with Crippen molar-refractivity contribution < 1.29 is 146 Å². The Hall–Kier alpha value is -0.0381. The van der Waals surface area contributed by atoms with Crippen LogP contribution in [-0.2, 0) is 53.5 Å². The molecule has 0 aromatic heterocycles. The molecule has 6 saturated heterocycles. The maximum absolute atomic E-state index is 14.4. The molecule has 0 aromatic rings. The Morgan fingerprint density at radius 1 is 0.329 bits per heavy atom. The number of hydrogen-bond acceptors (Lipinski definition) is 13. The Morgan fingerprint density at radius 3 is 0.629 bits per heavy atom. The topological polar surface area (TPSA) is 120 Å². The standard InChI is InChI=1S/C27H43F21O13Si9/c1-5-20(2)62(3,4)49-70-59-67(17-10-25(40,41)42)53-64(14-7-22(31,32)33)50-63(13-6-21(28,29)30)51-65(55-67,15-8-23(34,35)36)57-69(61-70,19-12-27(46,47)48)58-66(52-63,16-9-24(37,38)39)56-68(54-64,60-70)18-11-26(43,44)45/h20H,5-19H2,1-4H3. The molecular formula is C27H43F21O13Si9. The lowest BCUT2D eigenvalue weighted by Crippen LogP contribution is -2.89. The van der Waals surface area contributed by atoms with Crippen molar-refractivity contribution in [1.82, 2.24) is 0 Å². The maximum atomic E-state index is 14.4. The van der Waals surface area contributed by atoms with Gasteiger partial charge in [-0.1, -0.05) is 20.3 Å². The first-order chi connectivity index (χ1) is 31.1. The van der Waals surface area contributed by atoms with Crippen molar-refractivity contribution >= 4 is 79.0 Å². The molecule has 0 aromatic carbocycles. The molecule has 412 valence electrons. The van der Waals surface area contributed by atoms with Gasteiger partial charge in [0.15, 0.2) is 8.32 Å². The third-order valence-corrected chi connectivity index (χ3v) is 51.9. The van der Waals surface area contributed by atoms with E-state index in [4.69, 9.17) is 53.5 Å². The van der Waals surface area contributed by atoms with Crippen LogP contribution in [0.1, 0.15) is 65.2 Å². The van der Waals surface area contributed by atoms with Crippen LogP contribution in [0.25, 0.3) is 0 Å². The van der Waals surface area contributed by atoms with E-state index in [1.807, 2.05) is 0 Å². The van der Waals surface area contributed by atoms with Crippen LogP contribution in [0.2, 0.25) is 60.9 Å². The van der Waals surface area contributed by atoms with Crippen LogP contribution in [0.4, 0.5) is 92.2 Å². The van der Waals surface area contributed by atoms with Crippen LogP contribution in [0, 0.1) is 0 Å². The van der Waals surface area contributed by atoms with Crippen molar-refractivity contribution in [1.29, 1.82) is 0 Å². The van der Waals surface area contributed by atoms with E-state index in [0.29, 0.717) is 0 Å². The van der Waals surface area contributed by atoms with Gasteiger partial charge in [0.25, 0.3) is 0 Å². The van der Waals surface area contributed by atoms with Gasteiger partial charge in [0.1, 0.15) is 0 Å². The molecule has 0 radical (unpaired) electrons. The van der Waals surface area contributed by atoms with Gasteiger partial charge in [0, 0.05) is 87.3 Å². The maximum Gasteiger partial charge on any atom is 0.646 e. The Kier molecular flexibility index (Phi) is 17.2. The lowest BCUT2D eigenvalue weighted by Gasteiger charge is -2.63. The van der Waals surface area contributed by atoms with Gasteiger partial charge in [0.2, 0.25) is 0 Å². The molecule has 6 fully saturated rings. The molecule has 43 heteroatoms. The first kappa shape index (κ1) is 60.8. The molecule has 0 amide bonds. The van der Waals surface area contributed by atoms with E-state index in [1.165, 1.54) is 26.9 Å². The van der Waals surface area contributed by atoms with E-state index < -0.39 is 215 Å². The van der Waals surface area contributed by atoms with Crippen LogP contribution >= 0.6 is 0 Å². The van der Waals surface area contributed by atoms with Crippen LogP contribution in [0.15, 0.2) is 0 Å². The fraction of sp³-hybridized carbons (Fsp3) is 1.00. The monoisotopic (exact) mass is 1230 g/mol. The predicted octanol–water partition coefficient (Wildman–Crippen LogP) is 12.0. The highest BCUT2D eigenvalue weighted by molar-refractivity contribution is 7.03. The summed E-state index contributed by atoms with van der Waals surface area (Å²) in [4.78, 5) is 0. The second-order valence-electron chi connectivity index (χ2n) is 17.3. The minimum absolute atomic E-state index is 0.0647. The van der Waals surface area contributed by atoms with E-state index in [2.05, 4.69) is 0 Å². The van der Waals surface area contributed by atoms with Crippen molar-refractivity contribution in [3.63, 3.8) is 0 Å². The van der Waals surface area contributed by atoms with E-state index >= 15 is 0 Å². The zero-order chi connectivity index (χ0) is 53.4. The predicted molar refractivity (Wildman–Crippen MR) is 206 cm³/mol. The summed E-state index contributed by atoms with van der Waals surface area (Å²) < 4.78 is 380. The van der Waals surface area contributed by atoms with Crippen molar-refractivity contribution in [3.8, 4) is 0 Å². The molecule has 0 saturated carbocycles. The molecule has 6 aliphatic rings. The SMILES string of the molecule is CCC(C)[Si](C)(C)O[Si]12O[Si]3(CCC(F)(F)F)O[Si]4(CCC(F)(F)F)O[Si]5(CCC(F)(F)F)O[Si](CCC(F)(F)F)(O3)O[Si](CCC(F)(F)F)(O[Si](CCC(F)(F)F)(O5)O[Si](CCC(F)(F)F)(O4)O1)O2. The number of hydrogen-bond donors (Lipinski definition) is 0. The molecule has 6 aliphatic heterocycles.